The average Bonchev–Trinajstić information content (AvgIpc) is 2.88. The molecule has 2 aromatic rings. The SMILES string of the molecule is CC(C)(c1ccc(F)cc1)c1noc(CSCC(=O)O)n1. The van der Waals surface area contributed by atoms with Crippen molar-refractivity contribution in [3.8, 4) is 0 Å². The zero-order chi connectivity index (χ0) is 15.5. The van der Waals surface area contributed by atoms with Gasteiger partial charge in [-0.1, -0.05) is 17.3 Å². The van der Waals surface area contributed by atoms with Gasteiger partial charge in [-0.2, -0.15) is 4.98 Å². The van der Waals surface area contributed by atoms with Crippen LogP contribution >= 0.6 is 11.8 Å². The van der Waals surface area contributed by atoms with E-state index in [1.807, 2.05) is 13.8 Å². The van der Waals surface area contributed by atoms with Gasteiger partial charge in [-0.3, -0.25) is 4.79 Å². The quantitative estimate of drug-likeness (QED) is 0.884. The Morgan fingerprint density at radius 2 is 2.05 bits per heavy atom. The first kappa shape index (κ1) is 15.5. The van der Waals surface area contributed by atoms with E-state index in [0.717, 1.165) is 5.56 Å². The number of hydrogen-bond acceptors (Lipinski definition) is 5. The first-order valence-corrected chi connectivity index (χ1v) is 7.43. The minimum absolute atomic E-state index is 0.0148. The highest BCUT2D eigenvalue weighted by atomic mass is 32.2. The zero-order valence-electron chi connectivity index (χ0n) is 11.7. The van der Waals surface area contributed by atoms with Crippen molar-refractivity contribution >= 4 is 17.7 Å². The molecule has 1 heterocycles. The lowest BCUT2D eigenvalue weighted by Gasteiger charge is -2.20. The van der Waals surface area contributed by atoms with Crippen molar-refractivity contribution in [3.05, 3.63) is 47.4 Å². The van der Waals surface area contributed by atoms with Crippen LogP contribution in [0.4, 0.5) is 4.39 Å². The van der Waals surface area contributed by atoms with Crippen LogP contribution in [0.3, 0.4) is 0 Å². The van der Waals surface area contributed by atoms with Crippen LogP contribution in [0, 0.1) is 5.82 Å². The van der Waals surface area contributed by atoms with Gasteiger partial charge in [0.1, 0.15) is 5.82 Å². The number of carbonyl (C=O) groups is 1. The van der Waals surface area contributed by atoms with Gasteiger partial charge in [-0.15, -0.1) is 11.8 Å². The molecule has 112 valence electrons. The number of carboxylic acids is 1. The maximum atomic E-state index is 13.0. The van der Waals surface area contributed by atoms with E-state index in [2.05, 4.69) is 10.1 Å². The standard InChI is InChI=1S/C14H15FN2O3S/c1-14(2,9-3-5-10(15)6-4-9)13-16-11(20-17-13)7-21-8-12(18)19/h3-6H,7-8H2,1-2H3,(H,18,19). The smallest absolute Gasteiger partial charge is 0.313 e. The van der Waals surface area contributed by atoms with Gasteiger partial charge in [0.15, 0.2) is 5.82 Å². The van der Waals surface area contributed by atoms with E-state index in [1.165, 1.54) is 23.9 Å². The molecule has 2 rings (SSSR count). The molecule has 0 aliphatic rings. The molecule has 0 fully saturated rings. The van der Waals surface area contributed by atoms with E-state index in [4.69, 9.17) is 9.63 Å². The summed E-state index contributed by atoms with van der Waals surface area (Å²) >= 11 is 1.19. The molecule has 7 heteroatoms. The molecule has 21 heavy (non-hydrogen) atoms. The molecule has 0 radical (unpaired) electrons. The molecular weight excluding hydrogens is 295 g/mol. The number of halogens is 1. The first-order valence-electron chi connectivity index (χ1n) is 6.28. The third-order valence-electron chi connectivity index (χ3n) is 3.04. The first-order chi connectivity index (χ1) is 9.89. The molecule has 0 unspecified atom stereocenters. The summed E-state index contributed by atoms with van der Waals surface area (Å²) in [6.45, 7) is 3.83. The molecular formula is C14H15FN2O3S. The van der Waals surface area contributed by atoms with E-state index in [1.54, 1.807) is 12.1 Å². The molecule has 0 aliphatic heterocycles. The molecule has 0 aliphatic carbocycles. The van der Waals surface area contributed by atoms with Gasteiger partial charge in [0.25, 0.3) is 0 Å². The Labute approximate surface area is 125 Å². The van der Waals surface area contributed by atoms with Gasteiger partial charge in [-0.25, -0.2) is 4.39 Å². The Morgan fingerprint density at radius 1 is 1.38 bits per heavy atom. The van der Waals surface area contributed by atoms with Gasteiger partial charge in [-0.05, 0) is 31.5 Å². The maximum absolute atomic E-state index is 13.0. The predicted octanol–water partition coefficient (Wildman–Crippen LogP) is 2.85. The Hall–Kier alpha value is -1.89. The average molecular weight is 310 g/mol. The summed E-state index contributed by atoms with van der Waals surface area (Å²) in [5, 5.41) is 12.5. The number of rotatable bonds is 6. The highest BCUT2D eigenvalue weighted by Gasteiger charge is 2.29. The zero-order valence-corrected chi connectivity index (χ0v) is 12.5. The number of nitrogens with zero attached hydrogens (tertiary/aromatic N) is 2. The summed E-state index contributed by atoms with van der Waals surface area (Å²) in [5.41, 5.74) is 0.349. The van der Waals surface area contributed by atoms with Crippen LogP contribution in [0.5, 0.6) is 0 Å². The third kappa shape index (κ3) is 3.81. The van der Waals surface area contributed by atoms with Crippen molar-refractivity contribution < 1.29 is 18.8 Å². The fourth-order valence-electron chi connectivity index (χ4n) is 1.79. The molecule has 0 saturated heterocycles. The van der Waals surface area contributed by atoms with Gasteiger partial charge < -0.3 is 9.63 Å². The Balaban J connectivity index is 2.11. The number of hydrogen-bond donors (Lipinski definition) is 1. The number of aliphatic carboxylic acids is 1. The van der Waals surface area contributed by atoms with Crippen LogP contribution in [0.1, 0.15) is 31.1 Å². The lowest BCUT2D eigenvalue weighted by Crippen LogP contribution is -2.20. The summed E-state index contributed by atoms with van der Waals surface area (Å²) in [6.07, 6.45) is 0. The van der Waals surface area contributed by atoms with Crippen molar-refractivity contribution in [2.75, 3.05) is 5.75 Å². The normalized spacial score (nSPS) is 11.6. The van der Waals surface area contributed by atoms with Gasteiger partial charge >= 0.3 is 5.97 Å². The van der Waals surface area contributed by atoms with Crippen LogP contribution in [0.25, 0.3) is 0 Å². The minimum atomic E-state index is -0.883. The highest BCUT2D eigenvalue weighted by Crippen LogP contribution is 2.29. The lowest BCUT2D eigenvalue weighted by atomic mass is 9.84. The van der Waals surface area contributed by atoms with E-state index in [9.17, 15) is 9.18 Å². The third-order valence-corrected chi connectivity index (χ3v) is 3.95. The van der Waals surface area contributed by atoms with Gasteiger partial charge in [0, 0.05) is 0 Å². The molecule has 1 N–H and O–H groups in total. The second kappa shape index (κ2) is 6.26. The monoisotopic (exact) mass is 310 g/mol. The molecule has 0 atom stereocenters. The number of benzene rings is 1. The molecule has 1 aromatic carbocycles. The summed E-state index contributed by atoms with van der Waals surface area (Å²) in [4.78, 5) is 14.7. The van der Waals surface area contributed by atoms with Gasteiger partial charge in [0.2, 0.25) is 5.89 Å². The summed E-state index contributed by atoms with van der Waals surface area (Å²) in [7, 11) is 0. The van der Waals surface area contributed by atoms with E-state index in [0.29, 0.717) is 17.5 Å². The van der Waals surface area contributed by atoms with Crippen LogP contribution in [0.15, 0.2) is 28.8 Å². The molecule has 1 aromatic heterocycles. The highest BCUT2D eigenvalue weighted by molar-refractivity contribution is 7.99. The fraction of sp³-hybridized carbons (Fsp3) is 0.357. The largest absolute Gasteiger partial charge is 0.481 e. The van der Waals surface area contributed by atoms with Crippen LogP contribution in [-0.4, -0.2) is 27.0 Å². The number of carboxylic acid groups (broad SMARTS) is 1. The lowest BCUT2D eigenvalue weighted by molar-refractivity contribution is -0.133. The Morgan fingerprint density at radius 3 is 2.67 bits per heavy atom. The molecule has 0 bridgehead atoms. The van der Waals surface area contributed by atoms with E-state index < -0.39 is 11.4 Å². The second-order valence-electron chi connectivity index (χ2n) is 5.03. The van der Waals surface area contributed by atoms with Crippen LogP contribution in [-0.2, 0) is 16.0 Å². The fourth-order valence-corrected chi connectivity index (χ4v) is 2.36. The molecule has 0 spiro atoms. The Bertz CT molecular complexity index is 625. The topological polar surface area (TPSA) is 76.2 Å². The van der Waals surface area contributed by atoms with Crippen molar-refractivity contribution in [2.45, 2.75) is 25.0 Å². The van der Waals surface area contributed by atoms with Crippen molar-refractivity contribution in [2.24, 2.45) is 0 Å². The van der Waals surface area contributed by atoms with Crippen molar-refractivity contribution in [1.82, 2.24) is 10.1 Å². The second-order valence-corrected chi connectivity index (χ2v) is 6.02. The predicted molar refractivity (Wildman–Crippen MR) is 76.6 cm³/mol. The van der Waals surface area contributed by atoms with Gasteiger partial charge in [0.05, 0.1) is 16.9 Å². The maximum Gasteiger partial charge on any atom is 0.313 e. The van der Waals surface area contributed by atoms with E-state index in [-0.39, 0.29) is 11.6 Å². The number of thioether (sulfide) groups is 1. The molecule has 5 nitrogen and oxygen atoms in total. The van der Waals surface area contributed by atoms with Crippen LogP contribution in [0.2, 0.25) is 0 Å². The van der Waals surface area contributed by atoms with Crippen molar-refractivity contribution in [1.29, 1.82) is 0 Å². The summed E-state index contributed by atoms with van der Waals surface area (Å²) < 4.78 is 18.1. The number of aromatic nitrogens is 2. The molecule has 0 amide bonds. The van der Waals surface area contributed by atoms with E-state index >= 15 is 0 Å². The summed E-state index contributed by atoms with van der Waals surface area (Å²) in [5.74, 6) is 0.0176. The molecule has 0 saturated carbocycles. The summed E-state index contributed by atoms with van der Waals surface area (Å²) in [6, 6.07) is 6.15. The van der Waals surface area contributed by atoms with Crippen LogP contribution < -0.4 is 0 Å². The minimum Gasteiger partial charge on any atom is -0.481 e. The van der Waals surface area contributed by atoms with Crippen molar-refractivity contribution in [3.63, 3.8) is 0 Å². The Kier molecular flexibility index (Phi) is 4.62.